The molecular weight excluding hydrogens is 480 g/mol. The van der Waals surface area contributed by atoms with Gasteiger partial charge in [-0.2, -0.15) is 0 Å². The van der Waals surface area contributed by atoms with Gasteiger partial charge in [0.1, 0.15) is 6.10 Å². The maximum atomic E-state index is 11.8. The summed E-state index contributed by atoms with van der Waals surface area (Å²) in [5.41, 5.74) is 6.70. The molecule has 3 N–H and O–H groups in total. The van der Waals surface area contributed by atoms with E-state index in [1.807, 2.05) is 0 Å². The van der Waals surface area contributed by atoms with Crippen LogP contribution in [0.2, 0.25) is 0 Å². The Hall–Kier alpha value is -0.610. The zero-order chi connectivity index (χ0) is 28.4. The van der Waals surface area contributed by atoms with E-state index >= 15 is 0 Å². The molecule has 4 saturated carbocycles. The summed E-state index contributed by atoms with van der Waals surface area (Å²) < 4.78 is 5.82. The molecule has 0 aromatic carbocycles. The first-order chi connectivity index (χ1) is 18.5. The summed E-state index contributed by atoms with van der Waals surface area (Å²) in [4.78, 5) is 11.8. The molecule has 0 aromatic rings. The second kappa shape index (κ2) is 13.1. The van der Waals surface area contributed by atoms with Crippen molar-refractivity contribution in [2.45, 2.75) is 144 Å². The van der Waals surface area contributed by atoms with E-state index in [2.05, 4.69) is 46.9 Å². The molecule has 0 spiro atoms. The molecule has 4 rings (SSSR count). The molecule has 4 nitrogen and oxygen atoms in total. The Labute approximate surface area is 241 Å². The van der Waals surface area contributed by atoms with Gasteiger partial charge in [0, 0.05) is 13.0 Å². The number of rotatable bonds is 12. The molecule has 0 aliphatic heterocycles. The maximum Gasteiger partial charge on any atom is 0.302 e. The predicted molar refractivity (Wildman–Crippen MR) is 163 cm³/mol. The highest BCUT2D eigenvalue weighted by Crippen LogP contribution is 2.68. The fourth-order valence-corrected chi connectivity index (χ4v) is 11.1. The quantitative estimate of drug-likeness (QED) is 0.193. The fraction of sp³-hybridized carbons (Fsp3) is 0.971. The molecule has 0 radical (unpaired) electrons. The number of carbonyl (C=O) groups is 1. The van der Waals surface area contributed by atoms with Crippen molar-refractivity contribution >= 4 is 5.97 Å². The summed E-state index contributed by atoms with van der Waals surface area (Å²) in [7, 11) is 0. The summed E-state index contributed by atoms with van der Waals surface area (Å²) in [6.07, 6.45) is 16.9. The Kier molecular flexibility index (Phi) is 10.6. The van der Waals surface area contributed by atoms with Crippen LogP contribution in [0.1, 0.15) is 132 Å². The smallest absolute Gasteiger partial charge is 0.302 e. The molecule has 4 aliphatic carbocycles. The van der Waals surface area contributed by atoms with Gasteiger partial charge >= 0.3 is 5.97 Å². The largest absolute Gasteiger partial charge is 0.463 e. The number of nitrogens with one attached hydrogen (secondary N) is 1. The first-order valence-electron chi connectivity index (χ1n) is 17.2. The number of hydrogen-bond donors (Lipinski definition) is 2. The average Bonchev–Trinajstić information content (AvgIpc) is 3.24. The van der Waals surface area contributed by atoms with Gasteiger partial charge in [0.2, 0.25) is 0 Å². The minimum absolute atomic E-state index is 0.105. The molecule has 0 aromatic heterocycles. The van der Waals surface area contributed by atoms with Crippen molar-refractivity contribution in [1.82, 2.24) is 5.32 Å². The Morgan fingerprint density at radius 1 is 0.949 bits per heavy atom. The van der Waals surface area contributed by atoms with E-state index in [0.29, 0.717) is 22.8 Å². The van der Waals surface area contributed by atoms with Crippen LogP contribution in [0.5, 0.6) is 0 Å². The molecule has 0 heterocycles. The topological polar surface area (TPSA) is 64.3 Å². The minimum Gasteiger partial charge on any atom is -0.463 e. The van der Waals surface area contributed by atoms with E-state index in [1.165, 1.54) is 57.8 Å². The van der Waals surface area contributed by atoms with E-state index in [1.54, 1.807) is 6.92 Å². The Morgan fingerprint density at radius 3 is 2.33 bits per heavy atom. The summed E-state index contributed by atoms with van der Waals surface area (Å²) in [6, 6.07) is 0.544. The number of hydrogen-bond acceptors (Lipinski definition) is 4. The van der Waals surface area contributed by atoms with E-state index in [-0.39, 0.29) is 12.1 Å². The van der Waals surface area contributed by atoms with Gasteiger partial charge in [-0.3, -0.25) is 4.79 Å². The molecule has 4 aliphatic rings. The van der Waals surface area contributed by atoms with E-state index < -0.39 is 0 Å². The van der Waals surface area contributed by atoms with Gasteiger partial charge in [-0.15, -0.1) is 0 Å². The molecule has 4 heteroatoms. The van der Waals surface area contributed by atoms with Gasteiger partial charge in [0.25, 0.3) is 0 Å². The van der Waals surface area contributed by atoms with Gasteiger partial charge < -0.3 is 15.8 Å². The second-order valence-corrected chi connectivity index (χ2v) is 15.5. The first kappa shape index (κ1) is 31.3. The van der Waals surface area contributed by atoms with Crippen molar-refractivity contribution in [3.8, 4) is 0 Å². The summed E-state index contributed by atoms with van der Waals surface area (Å²) in [6.45, 7) is 18.6. The molecule has 0 amide bonds. The van der Waals surface area contributed by atoms with Crippen molar-refractivity contribution in [2.75, 3.05) is 13.1 Å². The van der Waals surface area contributed by atoms with Crippen LogP contribution in [-0.4, -0.2) is 31.2 Å². The molecule has 4 fully saturated rings. The van der Waals surface area contributed by atoms with Crippen molar-refractivity contribution in [2.24, 2.45) is 63.9 Å². The lowest BCUT2D eigenvalue weighted by molar-refractivity contribution is -0.164. The van der Waals surface area contributed by atoms with Crippen molar-refractivity contribution in [1.29, 1.82) is 0 Å². The highest BCUT2D eigenvalue weighted by Gasteiger charge is 2.62. The SMILES string of the molecule is CCC(CC[C@@H](C)[C@H]1CC[C@H]2[C@@H]3C[C@@H](NCCCCN)[C@H]4C[C@@H](OC(C)=O)CC[C@]4(C)[C@H]3CC[C@]12C)C(C)C. The second-order valence-electron chi connectivity index (χ2n) is 15.5. The number of nitrogens with two attached hydrogens (primary N) is 1. The minimum atomic E-state index is -0.108. The molecule has 0 saturated heterocycles. The van der Waals surface area contributed by atoms with E-state index in [0.717, 1.165) is 80.2 Å². The van der Waals surface area contributed by atoms with Gasteiger partial charge in [-0.25, -0.2) is 0 Å². The number of fused-ring (bicyclic) bond motifs is 5. The lowest BCUT2D eigenvalue weighted by Crippen LogP contribution is -2.61. The third-order valence-electron chi connectivity index (χ3n) is 13.3. The maximum absolute atomic E-state index is 11.8. The fourth-order valence-electron chi connectivity index (χ4n) is 11.1. The van der Waals surface area contributed by atoms with Crippen LogP contribution in [0.4, 0.5) is 0 Å². The first-order valence-corrected chi connectivity index (χ1v) is 17.2. The van der Waals surface area contributed by atoms with Crippen LogP contribution < -0.4 is 11.1 Å². The third-order valence-corrected chi connectivity index (χ3v) is 13.3. The van der Waals surface area contributed by atoms with Crippen molar-refractivity contribution in [3.05, 3.63) is 0 Å². The number of unbranched alkanes of at least 4 members (excludes halogenated alkanes) is 1. The lowest BCUT2D eigenvalue weighted by atomic mass is 9.43. The number of esters is 1. The number of ether oxygens (including phenoxy) is 1. The predicted octanol–water partition coefficient (Wildman–Crippen LogP) is 7.98. The average molecular weight is 545 g/mol. The van der Waals surface area contributed by atoms with Crippen LogP contribution in [-0.2, 0) is 9.53 Å². The molecule has 1 unspecified atom stereocenters. The van der Waals surface area contributed by atoms with Crippen LogP contribution in [0.15, 0.2) is 0 Å². The molecule has 226 valence electrons. The van der Waals surface area contributed by atoms with E-state index in [9.17, 15) is 4.79 Å². The molecule has 0 bridgehead atoms. The van der Waals surface area contributed by atoms with Crippen LogP contribution in [0, 0.1) is 58.2 Å². The Bertz CT molecular complexity index is 800. The third kappa shape index (κ3) is 6.42. The normalized spacial score (nSPS) is 41.4. The number of carbonyl (C=O) groups excluding carboxylic acids is 1. The zero-order valence-electron chi connectivity index (χ0n) is 26.8. The Balaban J connectivity index is 1.51. The summed E-state index contributed by atoms with van der Waals surface area (Å²) >= 11 is 0. The highest BCUT2D eigenvalue weighted by molar-refractivity contribution is 5.66. The Morgan fingerprint density at radius 2 is 1.67 bits per heavy atom. The summed E-state index contributed by atoms with van der Waals surface area (Å²) in [5, 5.41) is 4.07. The van der Waals surface area contributed by atoms with Crippen LogP contribution in [0.25, 0.3) is 0 Å². The highest BCUT2D eigenvalue weighted by atomic mass is 16.5. The lowest BCUT2D eigenvalue weighted by Gasteiger charge is -2.63. The van der Waals surface area contributed by atoms with E-state index in [4.69, 9.17) is 10.5 Å². The van der Waals surface area contributed by atoms with Crippen molar-refractivity contribution < 1.29 is 9.53 Å². The summed E-state index contributed by atoms with van der Waals surface area (Å²) in [5.74, 6) is 6.50. The van der Waals surface area contributed by atoms with Gasteiger partial charge in [0.05, 0.1) is 0 Å². The monoisotopic (exact) mass is 544 g/mol. The standard InChI is InChI=1S/C35H64N2O2/c1-8-26(23(2)3)12-11-24(4)29-13-14-30-28-22-33(37-20-10-9-19-36)32-21-27(39-25(5)38)15-17-35(32,7)31(28)16-18-34(29,30)6/h23-24,26-33,37H,8-22,36H2,1-7H3/t24-,26?,27+,28+,29-,30+,31+,32-,33-,34-,35-/m1/s1. The van der Waals surface area contributed by atoms with Gasteiger partial charge in [0.15, 0.2) is 0 Å². The molecular formula is C35H64N2O2. The molecule has 39 heavy (non-hydrogen) atoms. The van der Waals surface area contributed by atoms with Crippen molar-refractivity contribution in [3.63, 3.8) is 0 Å². The van der Waals surface area contributed by atoms with Gasteiger partial charge in [-0.1, -0.05) is 54.4 Å². The molecule has 11 atom stereocenters. The van der Waals surface area contributed by atoms with Crippen LogP contribution >= 0.6 is 0 Å². The van der Waals surface area contributed by atoms with Gasteiger partial charge in [-0.05, 0) is 142 Å². The zero-order valence-corrected chi connectivity index (χ0v) is 26.8. The van der Waals surface area contributed by atoms with Crippen LogP contribution in [0.3, 0.4) is 0 Å².